The highest BCUT2D eigenvalue weighted by Crippen LogP contribution is 2.20. The zero-order chi connectivity index (χ0) is 11.0. The van der Waals surface area contributed by atoms with Crippen LogP contribution in [-0.4, -0.2) is 22.4 Å². The predicted molar refractivity (Wildman–Crippen MR) is 60.2 cm³/mol. The molecule has 0 saturated heterocycles. The Bertz CT molecular complexity index is 125. The van der Waals surface area contributed by atoms with E-state index < -0.39 is 12.2 Å². The fourth-order valence-electron chi connectivity index (χ4n) is 1.86. The number of hydrogen-bond donors (Lipinski definition) is 2. The normalized spacial score (nSPS) is 17.8. The lowest BCUT2D eigenvalue weighted by molar-refractivity contribution is -0.0251. The lowest BCUT2D eigenvalue weighted by Gasteiger charge is -2.25. The fourth-order valence-corrected chi connectivity index (χ4v) is 1.86. The van der Waals surface area contributed by atoms with Gasteiger partial charge in [-0.25, -0.2) is 0 Å². The summed E-state index contributed by atoms with van der Waals surface area (Å²) in [5.41, 5.74) is 0. The maximum Gasteiger partial charge on any atom is 0.0827 e. The molecule has 0 spiro atoms. The Kier molecular flexibility index (Phi) is 8.20. The van der Waals surface area contributed by atoms with Gasteiger partial charge in [-0.15, -0.1) is 0 Å². The van der Waals surface area contributed by atoms with Crippen molar-refractivity contribution in [2.45, 2.75) is 71.5 Å². The number of hydrogen-bond acceptors (Lipinski definition) is 2. The molecule has 3 atom stereocenters. The summed E-state index contributed by atoms with van der Waals surface area (Å²) >= 11 is 0. The molecule has 0 aliphatic heterocycles. The van der Waals surface area contributed by atoms with Crippen LogP contribution in [0.25, 0.3) is 0 Å². The van der Waals surface area contributed by atoms with E-state index in [1.54, 1.807) is 0 Å². The lowest BCUT2D eigenvalue weighted by atomic mass is 9.89. The molecule has 0 saturated carbocycles. The summed E-state index contributed by atoms with van der Waals surface area (Å²) in [5, 5.41) is 19.6. The van der Waals surface area contributed by atoms with E-state index in [1.165, 1.54) is 0 Å². The molecule has 0 aliphatic carbocycles. The summed E-state index contributed by atoms with van der Waals surface area (Å²) in [7, 11) is 0. The van der Waals surface area contributed by atoms with Crippen LogP contribution in [0.15, 0.2) is 0 Å². The Morgan fingerprint density at radius 1 is 0.929 bits per heavy atom. The monoisotopic (exact) mass is 202 g/mol. The van der Waals surface area contributed by atoms with E-state index in [1.807, 2.05) is 6.92 Å². The second-order valence-corrected chi connectivity index (χ2v) is 4.16. The molecule has 0 heterocycles. The van der Waals surface area contributed by atoms with Crippen molar-refractivity contribution in [2.24, 2.45) is 5.92 Å². The third kappa shape index (κ3) is 4.97. The first-order valence-corrected chi connectivity index (χ1v) is 6.03. The summed E-state index contributed by atoms with van der Waals surface area (Å²) in [6.45, 7) is 6.27. The van der Waals surface area contributed by atoms with Crippen molar-refractivity contribution >= 4 is 0 Å². The molecule has 0 aromatic heterocycles. The zero-order valence-electron chi connectivity index (χ0n) is 9.87. The van der Waals surface area contributed by atoms with Gasteiger partial charge in [-0.1, -0.05) is 46.5 Å². The predicted octanol–water partition coefficient (Wildman–Crippen LogP) is 2.72. The van der Waals surface area contributed by atoms with E-state index in [2.05, 4.69) is 13.8 Å². The van der Waals surface area contributed by atoms with Crippen molar-refractivity contribution in [2.75, 3.05) is 0 Å². The summed E-state index contributed by atoms with van der Waals surface area (Å²) in [5.74, 6) is 0.275. The van der Waals surface area contributed by atoms with Crippen molar-refractivity contribution in [3.8, 4) is 0 Å². The molecule has 2 N–H and O–H groups in total. The van der Waals surface area contributed by atoms with Crippen molar-refractivity contribution in [3.05, 3.63) is 0 Å². The summed E-state index contributed by atoms with van der Waals surface area (Å²) in [6, 6.07) is 0. The second-order valence-electron chi connectivity index (χ2n) is 4.16. The molecular weight excluding hydrogens is 176 g/mol. The number of unbranched alkanes of at least 4 members (excludes halogenated alkanes) is 1. The van der Waals surface area contributed by atoms with Gasteiger partial charge in [0, 0.05) is 0 Å². The molecule has 0 bridgehead atoms. The maximum atomic E-state index is 9.89. The van der Waals surface area contributed by atoms with Crippen LogP contribution < -0.4 is 0 Å². The first kappa shape index (κ1) is 13.9. The smallest absolute Gasteiger partial charge is 0.0827 e. The minimum atomic E-state index is -0.526. The van der Waals surface area contributed by atoms with Crippen molar-refractivity contribution < 1.29 is 10.2 Å². The number of rotatable bonds is 8. The minimum absolute atomic E-state index is 0.275. The average molecular weight is 202 g/mol. The van der Waals surface area contributed by atoms with Crippen LogP contribution >= 0.6 is 0 Å². The van der Waals surface area contributed by atoms with Gasteiger partial charge in [-0.3, -0.25) is 0 Å². The number of aliphatic hydroxyl groups excluding tert-OH is 2. The van der Waals surface area contributed by atoms with Crippen LogP contribution in [0.1, 0.15) is 59.3 Å². The van der Waals surface area contributed by atoms with Crippen LogP contribution in [0.3, 0.4) is 0 Å². The third-order valence-corrected chi connectivity index (χ3v) is 2.91. The van der Waals surface area contributed by atoms with Gasteiger partial charge in [0.05, 0.1) is 12.2 Å². The van der Waals surface area contributed by atoms with Gasteiger partial charge in [0.2, 0.25) is 0 Å². The Labute approximate surface area is 88.3 Å². The van der Waals surface area contributed by atoms with Gasteiger partial charge in [0.1, 0.15) is 0 Å². The molecule has 14 heavy (non-hydrogen) atoms. The Hall–Kier alpha value is -0.0800. The molecule has 0 fully saturated rings. The highest BCUT2D eigenvalue weighted by molar-refractivity contribution is 4.74. The summed E-state index contributed by atoms with van der Waals surface area (Å²) < 4.78 is 0. The quantitative estimate of drug-likeness (QED) is 0.635. The molecule has 86 valence electrons. The molecule has 0 radical (unpaired) electrons. The van der Waals surface area contributed by atoms with E-state index in [0.717, 1.165) is 32.1 Å². The highest BCUT2D eigenvalue weighted by atomic mass is 16.3. The van der Waals surface area contributed by atoms with Gasteiger partial charge in [-0.2, -0.15) is 0 Å². The first-order valence-electron chi connectivity index (χ1n) is 6.03. The molecular formula is C12H26O2. The van der Waals surface area contributed by atoms with Crippen molar-refractivity contribution in [1.29, 1.82) is 0 Å². The molecule has 0 aliphatic rings. The fraction of sp³-hybridized carbons (Fsp3) is 1.00. The second kappa shape index (κ2) is 8.25. The minimum Gasteiger partial charge on any atom is -0.390 e. The molecule has 3 unspecified atom stereocenters. The molecule has 0 aromatic carbocycles. The molecule has 0 aromatic rings. The van der Waals surface area contributed by atoms with E-state index in [0.29, 0.717) is 6.42 Å². The molecule has 0 amide bonds. The van der Waals surface area contributed by atoms with E-state index >= 15 is 0 Å². The Morgan fingerprint density at radius 3 is 2.00 bits per heavy atom. The highest BCUT2D eigenvalue weighted by Gasteiger charge is 2.23. The third-order valence-electron chi connectivity index (χ3n) is 2.91. The van der Waals surface area contributed by atoms with Gasteiger partial charge in [0.25, 0.3) is 0 Å². The summed E-state index contributed by atoms with van der Waals surface area (Å²) in [6.07, 6.45) is 4.90. The number of aliphatic hydroxyl groups is 2. The topological polar surface area (TPSA) is 40.5 Å². The van der Waals surface area contributed by atoms with Crippen LogP contribution in [0.5, 0.6) is 0 Å². The molecule has 2 heteroatoms. The Morgan fingerprint density at radius 2 is 1.57 bits per heavy atom. The van der Waals surface area contributed by atoms with Crippen LogP contribution in [0, 0.1) is 5.92 Å². The summed E-state index contributed by atoms with van der Waals surface area (Å²) in [4.78, 5) is 0. The van der Waals surface area contributed by atoms with Gasteiger partial charge >= 0.3 is 0 Å². The van der Waals surface area contributed by atoms with Gasteiger partial charge in [0.15, 0.2) is 0 Å². The lowest BCUT2D eigenvalue weighted by Crippen LogP contribution is -2.33. The van der Waals surface area contributed by atoms with Crippen molar-refractivity contribution in [1.82, 2.24) is 0 Å². The Balaban J connectivity index is 3.94. The van der Waals surface area contributed by atoms with Crippen LogP contribution in [0.4, 0.5) is 0 Å². The van der Waals surface area contributed by atoms with Crippen LogP contribution in [-0.2, 0) is 0 Å². The maximum absolute atomic E-state index is 9.89. The average Bonchev–Trinajstić information content (AvgIpc) is 2.19. The van der Waals surface area contributed by atoms with Crippen molar-refractivity contribution in [3.63, 3.8) is 0 Å². The van der Waals surface area contributed by atoms with Crippen LogP contribution in [0.2, 0.25) is 0 Å². The standard InChI is InChI=1S/C12H26O2/c1-4-7-9-10(6-3)12(14)11(13)8-5-2/h10-14H,4-9H2,1-3H3. The molecule has 2 nitrogen and oxygen atoms in total. The largest absolute Gasteiger partial charge is 0.390 e. The van der Waals surface area contributed by atoms with E-state index in [-0.39, 0.29) is 5.92 Å². The van der Waals surface area contributed by atoms with E-state index in [9.17, 15) is 10.2 Å². The first-order chi connectivity index (χ1) is 6.67. The zero-order valence-corrected chi connectivity index (χ0v) is 9.87. The van der Waals surface area contributed by atoms with E-state index in [4.69, 9.17) is 0 Å². The van der Waals surface area contributed by atoms with Gasteiger partial charge in [-0.05, 0) is 18.8 Å². The molecule has 0 rings (SSSR count). The SMILES string of the molecule is CCCCC(CC)C(O)C(O)CCC. The van der Waals surface area contributed by atoms with Gasteiger partial charge < -0.3 is 10.2 Å².